The summed E-state index contributed by atoms with van der Waals surface area (Å²) < 4.78 is 45.6. The van der Waals surface area contributed by atoms with E-state index in [9.17, 15) is 17.9 Å². The van der Waals surface area contributed by atoms with Crippen molar-refractivity contribution in [3.63, 3.8) is 0 Å². The number of aromatic nitrogens is 1. The van der Waals surface area contributed by atoms with E-state index in [0.29, 0.717) is 36.3 Å². The van der Waals surface area contributed by atoms with Crippen molar-refractivity contribution >= 4 is 23.1 Å². The first-order valence-corrected chi connectivity index (χ1v) is 12.4. The smallest absolute Gasteiger partial charge is 0.341 e. The highest BCUT2D eigenvalue weighted by Gasteiger charge is 2.31. The molecule has 0 radical (unpaired) electrons. The lowest BCUT2D eigenvalue weighted by Gasteiger charge is -2.37. The molecule has 2 atom stereocenters. The zero-order valence-electron chi connectivity index (χ0n) is 19.4. The fourth-order valence-electron chi connectivity index (χ4n) is 4.44. The minimum absolute atomic E-state index is 0.122. The van der Waals surface area contributed by atoms with Crippen LogP contribution in [0.4, 0.5) is 10.2 Å². The van der Waals surface area contributed by atoms with Gasteiger partial charge in [-0.1, -0.05) is 38.1 Å². The molecule has 2 unspecified atom stereocenters. The van der Waals surface area contributed by atoms with Crippen molar-refractivity contribution in [1.29, 1.82) is 0 Å². The first kappa shape index (κ1) is 24.8. The van der Waals surface area contributed by atoms with Gasteiger partial charge >= 0.3 is 5.97 Å². The van der Waals surface area contributed by atoms with Gasteiger partial charge in [-0.25, -0.2) is 14.2 Å². The van der Waals surface area contributed by atoms with Crippen LogP contribution in [0.3, 0.4) is 0 Å². The van der Waals surface area contributed by atoms with Crippen molar-refractivity contribution < 1.29 is 27.8 Å². The molecule has 1 heterocycles. The fourth-order valence-corrected chi connectivity index (χ4v) is 5.13. The molecular formula is C26H26FN2O5S-. The average Bonchev–Trinajstić information content (AvgIpc) is 2.83. The van der Waals surface area contributed by atoms with Crippen LogP contribution in [0.2, 0.25) is 0 Å². The van der Waals surface area contributed by atoms with Gasteiger partial charge in [-0.3, -0.25) is 8.51 Å². The van der Waals surface area contributed by atoms with Crippen LogP contribution in [0.25, 0.3) is 11.1 Å². The van der Waals surface area contributed by atoms with E-state index in [-0.39, 0.29) is 11.6 Å². The van der Waals surface area contributed by atoms with Gasteiger partial charge < -0.3 is 14.4 Å². The van der Waals surface area contributed by atoms with Crippen molar-refractivity contribution in [2.45, 2.75) is 45.1 Å². The summed E-state index contributed by atoms with van der Waals surface area (Å²) >= 11 is -2.68. The lowest BCUT2D eigenvalue weighted by atomic mass is 9.86. The molecule has 1 N–H and O–H groups in total. The highest BCUT2D eigenvalue weighted by molar-refractivity contribution is 7.80. The highest BCUT2D eigenvalue weighted by Crippen LogP contribution is 2.41. The topological polar surface area (TPSA) is 103 Å². The van der Waals surface area contributed by atoms with E-state index in [1.54, 1.807) is 12.3 Å². The van der Waals surface area contributed by atoms with Crippen molar-refractivity contribution in [2.24, 2.45) is 0 Å². The maximum Gasteiger partial charge on any atom is 0.341 e. The van der Waals surface area contributed by atoms with Crippen LogP contribution >= 0.6 is 0 Å². The number of pyridine rings is 1. The molecule has 2 aromatic carbocycles. The molecule has 7 nitrogen and oxygen atoms in total. The predicted molar refractivity (Wildman–Crippen MR) is 130 cm³/mol. The maximum absolute atomic E-state index is 14.4. The highest BCUT2D eigenvalue weighted by atomic mass is 32.2. The van der Waals surface area contributed by atoms with Crippen LogP contribution in [0, 0.1) is 5.82 Å². The van der Waals surface area contributed by atoms with Gasteiger partial charge in [-0.15, -0.1) is 0 Å². The molecule has 0 saturated heterocycles. The second-order valence-corrected chi connectivity index (χ2v) is 9.62. The average molecular weight is 498 g/mol. The van der Waals surface area contributed by atoms with Gasteiger partial charge in [-0.05, 0) is 65.6 Å². The third-order valence-corrected chi connectivity index (χ3v) is 6.89. The number of rotatable bonds is 8. The Balaban J connectivity index is 1.68. The molecule has 0 aliphatic heterocycles. The molecule has 1 aliphatic rings. The summed E-state index contributed by atoms with van der Waals surface area (Å²) in [5.74, 6) is -1.09. The zero-order chi connectivity index (χ0) is 25.1. The number of carbonyl (C=O) groups is 1. The van der Waals surface area contributed by atoms with E-state index in [1.807, 2.05) is 18.2 Å². The number of anilines is 1. The molecule has 1 aromatic heterocycles. The number of carboxylic acids is 1. The van der Waals surface area contributed by atoms with E-state index in [2.05, 4.69) is 31.0 Å². The van der Waals surface area contributed by atoms with Crippen LogP contribution in [0.15, 0.2) is 54.7 Å². The SMILES string of the molecule is CC(C)c1cccc(-c2ccc(N(C3CCCc4c(OCC(=O)O)cc(F)cc43)S(=O)[O-])nc2)c1. The number of fused-ring (bicyclic) bond motifs is 1. The summed E-state index contributed by atoms with van der Waals surface area (Å²) in [4.78, 5) is 15.4. The summed E-state index contributed by atoms with van der Waals surface area (Å²) in [5.41, 5.74) is 4.09. The molecule has 0 saturated carbocycles. The summed E-state index contributed by atoms with van der Waals surface area (Å²) in [5, 5.41) is 8.94. The largest absolute Gasteiger partial charge is 0.755 e. The Morgan fingerprint density at radius 2 is 2.06 bits per heavy atom. The molecule has 184 valence electrons. The predicted octanol–water partition coefficient (Wildman–Crippen LogP) is 5.15. The number of hydrogen-bond acceptors (Lipinski definition) is 5. The monoisotopic (exact) mass is 497 g/mol. The molecule has 3 aromatic rings. The lowest BCUT2D eigenvalue weighted by molar-refractivity contribution is -0.139. The van der Waals surface area contributed by atoms with Crippen LogP contribution in [-0.2, 0) is 22.5 Å². The molecule has 0 amide bonds. The maximum atomic E-state index is 14.4. The Kier molecular flexibility index (Phi) is 7.47. The third kappa shape index (κ3) is 5.52. The van der Waals surface area contributed by atoms with Crippen molar-refractivity contribution in [3.05, 3.63) is 77.2 Å². The standard InChI is InChI=1S/C26H27FN2O5S/c1-16(2)17-5-3-6-18(11-17)19-9-10-25(28-14-19)29(35(32)33)23-8-4-7-21-22(23)12-20(27)13-24(21)34-15-26(30)31/h3,5-6,9-14,16,23H,4,7-8,15H2,1-2H3,(H,30,31)(H,32,33)/p-1. The number of ether oxygens (including phenoxy) is 1. The van der Waals surface area contributed by atoms with Crippen LogP contribution < -0.4 is 9.04 Å². The van der Waals surface area contributed by atoms with E-state index >= 15 is 0 Å². The summed E-state index contributed by atoms with van der Waals surface area (Å²) in [6, 6.07) is 13.3. The van der Waals surface area contributed by atoms with E-state index in [0.717, 1.165) is 21.5 Å². The van der Waals surface area contributed by atoms with Gasteiger partial charge in [0.25, 0.3) is 0 Å². The Bertz CT molecular complexity index is 1250. The van der Waals surface area contributed by atoms with Gasteiger partial charge in [0.05, 0.1) is 6.04 Å². The number of carboxylic acid groups (broad SMARTS) is 1. The molecule has 4 rings (SSSR count). The molecular weight excluding hydrogens is 471 g/mol. The summed E-state index contributed by atoms with van der Waals surface area (Å²) in [6.07, 6.45) is 3.24. The van der Waals surface area contributed by atoms with Crippen LogP contribution in [0.5, 0.6) is 5.75 Å². The number of hydrogen-bond donors (Lipinski definition) is 1. The summed E-state index contributed by atoms with van der Waals surface area (Å²) in [6.45, 7) is 3.62. The minimum Gasteiger partial charge on any atom is -0.755 e. The Morgan fingerprint density at radius 1 is 1.26 bits per heavy atom. The zero-order valence-corrected chi connectivity index (χ0v) is 20.3. The Hall–Kier alpha value is -3.30. The third-order valence-electron chi connectivity index (χ3n) is 6.13. The molecule has 35 heavy (non-hydrogen) atoms. The first-order chi connectivity index (χ1) is 16.7. The second kappa shape index (κ2) is 10.5. The Morgan fingerprint density at radius 3 is 2.71 bits per heavy atom. The molecule has 1 aliphatic carbocycles. The molecule has 0 spiro atoms. The normalized spacial score (nSPS) is 16.0. The quantitative estimate of drug-likeness (QED) is 0.432. The van der Waals surface area contributed by atoms with E-state index < -0.39 is 35.7 Å². The van der Waals surface area contributed by atoms with Gasteiger partial charge in [0.1, 0.15) is 17.4 Å². The first-order valence-electron chi connectivity index (χ1n) is 11.4. The Labute approximate surface area is 206 Å². The molecule has 9 heteroatoms. The fraction of sp³-hybridized carbons (Fsp3) is 0.308. The van der Waals surface area contributed by atoms with E-state index in [4.69, 9.17) is 9.84 Å². The van der Waals surface area contributed by atoms with Gasteiger partial charge in [0.2, 0.25) is 0 Å². The van der Waals surface area contributed by atoms with Crippen LogP contribution in [0.1, 0.15) is 55.3 Å². The van der Waals surface area contributed by atoms with E-state index in [1.165, 1.54) is 11.6 Å². The van der Waals surface area contributed by atoms with Gasteiger partial charge in [0, 0.05) is 29.1 Å². The number of nitrogens with zero attached hydrogens (tertiary/aromatic N) is 2. The lowest BCUT2D eigenvalue weighted by Crippen LogP contribution is -2.33. The number of aliphatic carboxylic acids is 1. The minimum atomic E-state index is -2.68. The van der Waals surface area contributed by atoms with Crippen molar-refractivity contribution in [1.82, 2.24) is 4.98 Å². The van der Waals surface area contributed by atoms with Gasteiger partial charge in [0.15, 0.2) is 6.61 Å². The number of benzene rings is 2. The number of halogens is 1. The second-order valence-electron chi connectivity index (χ2n) is 8.79. The molecule has 0 fully saturated rings. The molecule has 0 bridgehead atoms. The summed E-state index contributed by atoms with van der Waals surface area (Å²) in [7, 11) is 0. The van der Waals surface area contributed by atoms with Gasteiger partial charge in [-0.2, -0.15) is 0 Å². The van der Waals surface area contributed by atoms with Crippen LogP contribution in [-0.4, -0.2) is 31.4 Å². The van der Waals surface area contributed by atoms with Crippen molar-refractivity contribution in [3.8, 4) is 16.9 Å². The van der Waals surface area contributed by atoms with Crippen molar-refractivity contribution in [2.75, 3.05) is 10.9 Å².